The number of aliphatic hydroxyl groups excluding tert-OH is 1. The molecule has 0 aromatic heterocycles. The van der Waals surface area contributed by atoms with Crippen LogP contribution in [0.5, 0.6) is 0 Å². The topological polar surface area (TPSA) is 32.7 Å². The molecule has 0 spiro atoms. The summed E-state index contributed by atoms with van der Waals surface area (Å²) in [6.45, 7) is 12.3. The first-order chi connectivity index (χ1) is 12.6. The third kappa shape index (κ3) is 3.18. The highest BCUT2D eigenvalue weighted by Gasteiger charge is 2.59. The molecule has 3 saturated carbocycles. The van der Waals surface area contributed by atoms with Crippen LogP contribution in [0.4, 0.5) is 0 Å². The van der Waals surface area contributed by atoms with Crippen LogP contribution in [0, 0.1) is 22.7 Å². The normalized spacial score (nSPS) is 42.8. The van der Waals surface area contributed by atoms with Gasteiger partial charge >= 0.3 is 0 Å². The van der Waals surface area contributed by atoms with Gasteiger partial charge in [-0.1, -0.05) is 38.3 Å². The molecule has 4 rings (SSSR count). The minimum Gasteiger partial charge on any atom is -0.393 e. The second kappa shape index (κ2) is 7.56. The lowest BCUT2D eigenvalue weighted by Gasteiger charge is -2.45. The zero-order valence-corrected chi connectivity index (χ0v) is 16.8. The minimum absolute atomic E-state index is 0.112. The van der Waals surface area contributed by atoms with Crippen LogP contribution in [-0.2, 0) is 4.74 Å². The van der Waals surface area contributed by atoms with Gasteiger partial charge < -0.3 is 9.84 Å². The van der Waals surface area contributed by atoms with Gasteiger partial charge in [-0.05, 0) is 74.2 Å². The highest BCUT2D eigenvalue weighted by Crippen LogP contribution is 2.67. The van der Waals surface area contributed by atoms with E-state index in [-0.39, 0.29) is 16.9 Å². The van der Waals surface area contributed by atoms with E-state index in [0.29, 0.717) is 5.92 Å². The molecule has 1 N–H and O–H groups in total. The van der Waals surface area contributed by atoms with Gasteiger partial charge in [0.2, 0.25) is 0 Å². The number of hydrogen-bond acceptors (Lipinski definition) is 3. The molecule has 1 saturated heterocycles. The maximum Gasteiger partial charge on any atom is 0.0594 e. The predicted octanol–water partition coefficient (Wildman–Crippen LogP) is 4.40. The number of allylic oxidation sites excluding steroid dienone is 1. The molecule has 1 heterocycles. The molecular weight excluding hydrogens is 322 g/mol. The van der Waals surface area contributed by atoms with E-state index in [1.807, 2.05) is 0 Å². The van der Waals surface area contributed by atoms with Crippen molar-refractivity contribution in [3.05, 3.63) is 12.2 Å². The summed E-state index contributed by atoms with van der Waals surface area (Å²) < 4.78 is 5.55. The second-order valence-electron chi connectivity index (χ2n) is 9.86. The van der Waals surface area contributed by atoms with Gasteiger partial charge in [-0.15, -0.1) is 0 Å². The second-order valence-corrected chi connectivity index (χ2v) is 9.86. The number of hydrogen-bond donors (Lipinski definition) is 1. The molecule has 0 aromatic rings. The molecule has 4 aliphatic rings. The van der Waals surface area contributed by atoms with Gasteiger partial charge in [0.15, 0.2) is 0 Å². The van der Waals surface area contributed by atoms with Crippen molar-refractivity contribution in [2.24, 2.45) is 22.7 Å². The van der Waals surface area contributed by atoms with Gasteiger partial charge in [-0.2, -0.15) is 0 Å². The number of nitrogens with zero attached hydrogens (tertiary/aromatic N) is 1. The molecule has 3 nitrogen and oxygen atoms in total. The Hall–Kier alpha value is -0.380. The lowest BCUT2D eigenvalue weighted by atomic mass is 9.61. The van der Waals surface area contributed by atoms with Gasteiger partial charge in [0.1, 0.15) is 0 Å². The van der Waals surface area contributed by atoms with Crippen molar-refractivity contribution in [1.82, 2.24) is 4.90 Å². The quantitative estimate of drug-likeness (QED) is 0.753. The fourth-order valence-corrected chi connectivity index (χ4v) is 7.02. The largest absolute Gasteiger partial charge is 0.393 e. The monoisotopic (exact) mass is 361 g/mol. The Balaban J connectivity index is 1.59. The van der Waals surface area contributed by atoms with E-state index in [1.165, 1.54) is 63.5 Å². The highest BCUT2D eigenvalue weighted by atomic mass is 16.5. The zero-order valence-electron chi connectivity index (χ0n) is 16.8. The van der Waals surface area contributed by atoms with Crippen LogP contribution in [0.15, 0.2) is 12.2 Å². The Morgan fingerprint density at radius 1 is 1.12 bits per heavy atom. The number of morpholine rings is 1. The average molecular weight is 362 g/mol. The fraction of sp³-hybridized carbons (Fsp3) is 0.913. The summed E-state index contributed by atoms with van der Waals surface area (Å²) in [5.74, 6) is 1.23. The molecule has 0 amide bonds. The van der Waals surface area contributed by atoms with Crippen molar-refractivity contribution in [3.63, 3.8) is 0 Å². The van der Waals surface area contributed by atoms with Gasteiger partial charge in [-0.3, -0.25) is 4.90 Å². The first kappa shape index (κ1) is 19.0. The highest BCUT2D eigenvalue weighted by molar-refractivity contribution is 5.30. The summed E-state index contributed by atoms with van der Waals surface area (Å²) in [7, 11) is 0. The molecule has 0 radical (unpaired) electrons. The van der Waals surface area contributed by atoms with Crippen molar-refractivity contribution >= 4 is 0 Å². The fourth-order valence-electron chi connectivity index (χ4n) is 7.02. The summed E-state index contributed by atoms with van der Waals surface area (Å²) in [6.07, 6.45) is 12.7. The predicted molar refractivity (Wildman–Crippen MR) is 106 cm³/mol. The first-order valence-electron chi connectivity index (χ1n) is 11.2. The average Bonchev–Trinajstić information content (AvgIpc) is 2.92. The van der Waals surface area contributed by atoms with Crippen LogP contribution in [0.25, 0.3) is 0 Å². The molecule has 148 valence electrons. The summed E-state index contributed by atoms with van der Waals surface area (Å²) in [5.41, 5.74) is 1.96. The Kier molecular flexibility index (Phi) is 5.51. The SMILES string of the molecule is C=C1C2(C)CCCC(O)C2CC1(CCN1CCOCC1)C1CCCCC1. The standard InChI is InChI=1S/C23H39NO2/c1-18-22(2)10-6-9-21(25)20(22)17-23(18,19-7-4-3-5-8-19)11-12-24-13-15-26-16-14-24/h19-21,25H,1,3-17H2,2H3. The molecular formula is C23H39NO2. The molecule has 3 heteroatoms. The smallest absolute Gasteiger partial charge is 0.0594 e. The molecule has 0 aromatic carbocycles. The molecule has 26 heavy (non-hydrogen) atoms. The molecule has 1 aliphatic heterocycles. The van der Waals surface area contributed by atoms with Crippen LogP contribution in [-0.4, -0.2) is 49.0 Å². The minimum atomic E-state index is -0.112. The Bertz CT molecular complexity index is 508. The Labute approximate surface area is 160 Å². The number of aliphatic hydroxyl groups is 1. The van der Waals surface area contributed by atoms with E-state index in [0.717, 1.165) is 45.1 Å². The van der Waals surface area contributed by atoms with Gasteiger partial charge in [0.25, 0.3) is 0 Å². The van der Waals surface area contributed by atoms with Crippen molar-refractivity contribution < 1.29 is 9.84 Å². The number of ether oxygens (including phenoxy) is 1. The summed E-state index contributed by atoms with van der Waals surface area (Å²) >= 11 is 0. The Morgan fingerprint density at radius 3 is 2.54 bits per heavy atom. The molecule has 0 bridgehead atoms. The van der Waals surface area contributed by atoms with E-state index in [1.54, 1.807) is 0 Å². The lowest BCUT2D eigenvalue weighted by Crippen LogP contribution is -2.41. The number of rotatable bonds is 4. The maximum absolute atomic E-state index is 10.8. The summed E-state index contributed by atoms with van der Waals surface area (Å²) in [5, 5.41) is 10.8. The summed E-state index contributed by atoms with van der Waals surface area (Å²) in [4.78, 5) is 2.60. The van der Waals surface area contributed by atoms with Gasteiger partial charge in [0, 0.05) is 13.1 Å². The van der Waals surface area contributed by atoms with Crippen molar-refractivity contribution in [1.29, 1.82) is 0 Å². The van der Waals surface area contributed by atoms with Crippen molar-refractivity contribution in [2.75, 3.05) is 32.8 Å². The van der Waals surface area contributed by atoms with Crippen LogP contribution in [0.1, 0.15) is 71.1 Å². The van der Waals surface area contributed by atoms with Crippen LogP contribution < -0.4 is 0 Å². The molecule has 4 unspecified atom stereocenters. The van der Waals surface area contributed by atoms with Gasteiger partial charge in [-0.25, -0.2) is 0 Å². The molecule has 4 fully saturated rings. The Morgan fingerprint density at radius 2 is 1.85 bits per heavy atom. The summed E-state index contributed by atoms with van der Waals surface area (Å²) in [6, 6.07) is 0. The van der Waals surface area contributed by atoms with Crippen LogP contribution in [0.2, 0.25) is 0 Å². The van der Waals surface area contributed by atoms with E-state index in [4.69, 9.17) is 11.3 Å². The lowest BCUT2D eigenvalue weighted by molar-refractivity contribution is 0.00673. The van der Waals surface area contributed by atoms with Crippen LogP contribution in [0.3, 0.4) is 0 Å². The van der Waals surface area contributed by atoms with E-state index < -0.39 is 0 Å². The molecule has 3 aliphatic carbocycles. The third-order valence-corrected chi connectivity index (χ3v) is 8.72. The van der Waals surface area contributed by atoms with E-state index in [2.05, 4.69) is 11.8 Å². The first-order valence-corrected chi connectivity index (χ1v) is 11.2. The van der Waals surface area contributed by atoms with E-state index >= 15 is 0 Å². The zero-order chi connectivity index (χ0) is 18.2. The number of fused-ring (bicyclic) bond motifs is 1. The van der Waals surface area contributed by atoms with Gasteiger partial charge in [0.05, 0.1) is 19.3 Å². The third-order valence-electron chi connectivity index (χ3n) is 8.72. The molecule has 4 atom stereocenters. The van der Waals surface area contributed by atoms with E-state index in [9.17, 15) is 5.11 Å². The van der Waals surface area contributed by atoms with Crippen LogP contribution >= 0.6 is 0 Å². The van der Waals surface area contributed by atoms with Crippen molar-refractivity contribution in [3.8, 4) is 0 Å². The maximum atomic E-state index is 10.8. The van der Waals surface area contributed by atoms with Crippen molar-refractivity contribution in [2.45, 2.75) is 77.2 Å².